The van der Waals surface area contributed by atoms with Crippen LogP contribution in [0.15, 0.2) is 30.3 Å². The van der Waals surface area contributed by atoms with Crippen molar-refractivity contribution in [2.24, 2.45) is 0 Å². The first-order valence-electron chi connectivity index (χ1n) is 5.67. The minimum absolute atomic E-state index is 0.0368. The summed E-state index contributed by atoms with van der Waals surface area (Å²) < 4.78 is 14.0. The van der Waals surface area contributed by atoms with E-state index in [-0.39, 0.29) is 21.2 Å². The van der Waals surface area contributed by atoms with E-state index in [1.807, 2.05) is 0 Å². The Hall–Kier alpha value is -1.38. The lowest BCUT2D eigenvalue weighted by Crippen LogP contribution is -2.08. The van der Waals surface area contributed by atoms with E-state index in [1.54, 1.807) is 32.0 Å². The fraction of sp³-hybridized carbons (Fsp3) is 0.133. The van der Waals surface area contributed by atoms with Gasteiger partial charge in [-0.3, -0.25) is 4.79 Å². The Bertz CT molecular complexity index is 642. The zero-order valence-corrected chi connectivity index (χ0v) is 11.9. The fourth-order valence-corrected chi connectivity index (χ4v) is 2.40. The highest BCUT2D eigenvalue weighted by atomic mass is 35.5. The average Bonchev–Trinajstić information content (AvgIpc) is 2.31. The van der Waals surface area contributed by atoms with Gasteiger partial charge in [-0.05, 0) is 43.2 Å². The van der Waals surface area contributed by atoms with Crippen LogP contribution >= 0.6 is 23.2 Å². The minimum atomic E-state index is -0.543. The van der Waals surface area contributed by atoms with Crippen molar-refractivity contribution in [3.8, 4) is 0 Å². The highest BCUT2D eigenvalue weighted by Crippen LogP contribution is 2.29. The highest BCUT2D eigenvalue weighted by molar-refractivity contribution is 6.44. The van der Waals surface area contributed by atoms with Gasteiger partial charge in [0.2, 0.25) is 0 Å². The second-order valence-electron chi connectivity index (χ2n) is 4.37. The molecule has 2 aromatic carbocycles. The van der Waals surface area contributed by atoms with Crippen molar-refractivity contribution in [3.63, 3.8) is 0 Å². The fourth-order valence-electron chi connectivity index (χ4n) is 2.02. The number of hydrogen-bond acceptors (Lipinski definition) is 1. The number of rotatable bonds is 2. The average molecular weight is 297 g/mol. The molecule has 0 atom stereocenters. The van der Waals surface area contributed by atoms with Crippen molar-refractivity contribution in [2.45, 2.75) is 13.8 Å². The lowest BCUT2D eigenvalue weighted by molar-refractivity contribution is 0.103. The van der Waals surface area contributed by atoms with Crippen molar-refractivity contribution >= 4 is 29.0 Å². The quantitative estimate of drug-likeness (QED) is 0.714. The SMILES string of the molecule is Cc1cc(C)c(C(=O)c2cccc(Cl)c2Cl)c(F)c1. The van der Waals surface area contributed by atoms with Crippen LogP contribution in [-0.4, -0.2) is 5.78 Å². The van der Waals surface area contributed by atoms with Crippen LogP contribution in [0, 0.1) is 19.7 Å². The van der Waals surface area contributed by atoms with Gasteiger partial charge in [-0.2, -0.15) is 0 Å². The van der Waals surface area contributed by atoms with E-state index >= 15 is 0 Å². The van der Waals surface area contributed by atoms with Crippen molar-refractivity contribution < 1.29 is 9.18 Å². The molecule has 0 bridgehead atoms. The van der Waals surface area contributed by atoms with Crippen molar-refractivity contribution in [3.05, 3.63) is 68.4 Å². The molecule has 2 aromatic rings. The summed E-state index contributed by atoms with van der Waals surface area (Å²) in [4.78, 5) is 12.4. The van der Waals surface area contributed by atoms with E-state index in [0.29, 0.717) is 5.56 Å². The molecule has 0 aliphatic heterocycles. The molecule has 0 aliphatic rings. The monoisotopic (exact) mass is 296 g/mol. The molecule has 0 fully saturated rings. The van der Waals surface area contributed by atoms with Crippen LogP contribution in [0.3, 0.4) is 0 Å². The van der Waals surface area contributed by atoms with Gasteiger partial charge in [-0.15, -0.1) is 0 Å². The third-order valence-corrected chi connectivity index (χ3v) is 3.67. The number of hydrogen-bond donors (Lipinski definition) is 0. The zero-order valence-electron chi connectivity index (χ0n) is 10.4. The van der Waals surface area contributed by atoms with Crippen molar-refractivity contribution in [2.75, 3.05) is 0 Å². The standard InChI is InChI=1S/C15H11Cl2FO/c1-8-6-9(2)13(12(18)7-8)15(19)10-4-3-5-11(16)14(10)17/h3-7H,1-2H3. The first kappa shape index (κ1) is 14.0. The van der Waals surface area contributed by atoms with E-state index in [4.69, 9.17) is 23.2 Å². The first-order valence-corrected chi connectivity index (χ1v) is 6.43. The number of carbonyl (C=O) groups excluding carboxylic acids is 1. The van der Waals surface area contributed by atoms with Crippen LogP contribution in [0.25, 0.3) is 0 Å². The Morgan fingerprint density at radius 2 is 1.84 bits per heavy atom. The Morgan fingerprint density at radius 3 is 2.47 bits per heavy atom. The van der Waals surface area contributed by atoms with Gasteiger partial charge in [0.05, 0.1) is 15.6 Å². The van der Waals surface area contributed by atoms with Crippen molar-refractivity contribution in [1.82, 2.24) is 0 Å². The summed E-state index contributed by atoms with van der Waals surface area (Å²) in [6.07, 6.45) is 0. The van der Waals surface area contributed by atoms with Crippen molar-refractivity contribution in [1.29, 1.82) is 0 Å². The van der Waals surface area contributed by atoms with E-state index < -0.39 is 11.6 Å². The number of halogens is 3. The Morgan fingerprint density at radius 1 is 1.16 bits per heavy atom. The molecule has 98 valence electrons. The Labute approximate surface area is 121 Å². The molecule has 0 saturated carbocycles. The summed E-state index contributed by atoms with van der Waals surface area (Å²) in [6, 6.07) is 7.82. The van der Waals surface area contributed by atoms with Gasteiger partial charge in [0.1, 0.15) is 5.82 Å². The Balaban J connectivity index is 2.60. The molecule has 0 heterocycles. The largest absolute Gasteiger partial charge is 0.288 e. The molecular weight excluding hydrogens is 286 g/mol. The molecule has 4 heteroatoms. The molecule has 0 radical (unpaired) electrons. The van der Waals surface area contributed by atoms with Crippen LogP contribution in [0.1, 0.15) is 27.0 Å². The summed E-state index contributed by atoms with van der Waals surface area (Å²) in [5, 5.41) is 0.422. The molecule has 0 aromatic heterocycles. The minimum Gasteiger partial charge on any atom is -0.288 e. The molecule has 1 nitrogen and oxygen atoms in total. The van der Waals surface area contributed by atoms with Gasteiger partial charge >= 0.3 is 0 Å². The molecule has 0 amide bonds. The molecular formula is C15H11Cl2FO. The lowest BCUT2D eigenvalue weighted by Gasteiger charge is -2.09. The van der Waals surface area contributed by atoms with Crippen LogP contribution in [0.4, 0.5) is 4.39 Å². The molecule has 19 heavy (non-hydrogen) atoms. The van der Waals surface area contributed by atoms with Gasteiger partial charge in [0.25, 0.3) is 0 Å². The number of aryl methyl sites for hydroxylation is 2. The number of benzene rings is 2. The van der Waals surface area contributed by atoms with Gasteiger partial charge in [-0.1, -0.05) is 35.3 Å². The number of carbonyl (C=O) groups is 1. The molecule has 2 rings (SSSR count). The molecule has 0 aliphatic carbocycles. The van der Waals surface area contributed by atoms with Gasteiger partial charge in [-0.25, -0.2) is 4.39 Å². The molecule has 0 unspecified atom stereocenters. The predicted octanol–water partition coefficient (Wildman–Crippen LogP) is 4.98. The van der Waals surface area contributed by atoms with Gasteiger partial charge < -0.3 is 0 Å². The maximum absolute atomic E-state index is 14.0. The van der Waals surface area contributed by atoms with Gasteiger partial charge in [0, 0.05) is 5.56 Å². The summed E-state index contributed by atoms with van der Waals surface area (Å²) in [5.74, 6) is -0.999. The molecule has 0 spiro atoms. The first-order chi connectivity index (χ1) is 8.91. The van der Waals surface area contributed by atoms with E-state index in [1.165, 1.54) is 12.1 Å². The van der Waals surface area contributed by atoms with E-state index in [0.717, 1.165) is 5.56 Å². The van der Waals surface area contributed by atoms with Crippen LogP contribution in [0.2, 0.25) is 10.0 Å². The van der Waals surface area contributed by atoms with E-state index in [2.05, 4.69) is 0 Å². The van der Waals surface area contributed by atoms with Crippen LogP contribution in [-0.2, 0) is 0 Å². The second-order valence-corrected chi connectivity index (χ2v) is 5.15. The molecule has 0 N–H and O–H groups in total. The highest BCUT2D eigenvalue weighted by Gasteiger charge is 2.20. The normalized spacial score (nSPS) is 10.6. The maximum Gasteiger partial charge on any atom is 0.197 e. The second kappa shape index (κ2) is 5.32. The third kappa shape index (κ3) is 2.65. The summed E-state index contributed by atoms with van der Waals surface area (Å²) >= 11 is 11.9. The zero-order chi connectivity index (χ0) is 14.2. The Kier molecular flexibility index (Phi) is 3.93. The van der Waals surface area contributed by atoms with Crippen LogP contribution in [0.5, 0.6) is 0 Å². The van der Waals surface area contributed by atoms with Gasteiger partial charge in [0.15, 0.2) is 5.78 Å². The summed E-state index contributed by atoms with van der Waals surface area (Å²) in [6.45, 7) is 3.47. The maximum atomic E-state index is 14.0. The third-order valence-electron chi connectivity index (χ3n) is 2.86. The van der Waals surface area contributed by atoms with Crippen LogP contribution < -0.4 is 0 Å². The summed E-state index contributed by atoms with van der Waals surface area (Å²) in [7, 11) is 0. The lowest BCUT2D eigenvalue weighted by atomic mass is 9.97. The molecule has 0 saturated heterocycles. The predicted molar refractivity (Wildman–Crippen MR) is 75.8 cm³/mol. The number of ketones is 1. The smallest absolute Gasteiger partial charge is 0.197 e. The summed E-state index contributed by atoms with van der Waals surface area (Å²) in [5.41, 5.74) is 1.59. The van der Waals surface area contributed by atoms with E-state index in [9.17, 15) is 9.18 Å². The topological polar surface area (TPSA) is 17.1 Å².